The number of piperazine rings is 1. The average Bonchev–Trinajstić information content (AvgIpc) is 2.95. The van der Waals surface area contributed by atoms with Gasteiger partial charge < -0.3 is 14.8 Å². The lowest BCUT2D eigenvalue weighted by Gasteiger charge is -2.44. The van der Waals surface area contributed by atoms with Gasteiger partial charge in [0.15, 0.2) is 11.5 Å². The molecule has 4 nitrogen and oxygen atoms in total. The number of hydrogen-bond donors (Lipinski definition) is 1. The summed E-state index contributed by atoms with van der Waals surface area (Å²) >= 11 is 0. The molecule has 1 saturated carbocycles. The van der Waals surface area contributed by atoms with E-state index in [0.717, 1.165) is 31.1 Å². The minimum atomic E-state index is 0.358. The summed E-state index contributed by atoms with van der Waals surface area (Å²) in [4.78, 5) is 2.65. The normalized spacial score (nSPS) is 29.2. The Hall–Kier alpha value is -1.26. The van der Waals surface area contributed by atoms with Crippen LogP contribution in [0, 0.1) is 0 Å². The largest absolute Gasteiger partial charge is 0.454 e. The smallest absolute Gasteiger partial charge is 0.231 e. The summed E-state index contributed by atoms with van der Waals surface area (Å²) in [5, 5.41) is 3.69. The summed E-state index contributed by atoms with van der Waals surface area (Å²) < 4.78 is 10.9. The second-order valence-electron chi connectivity index (χ2n) is 6.07. The lowest BCUT2D eigenvalue weighted by atomic mass is 9.87. The zero-order valence-electron chi connectivity index (χ0n) is 11.8. The third kappa shape index (κ3) is 2.27. The minimum absolute atomic E-state index is 0.358. The van der Waals surface area contributed by atoms with E-state index in [1.54, 1.807) is 0 Å². The molecule has 2 heterocycles. The highest BCUT2D eigenvalue weighted by Crippen LogP contribution is 2.33. The van der Waals surface area contributed by atoms with Gasteiger partial charge in [-0.2, -0.15) is 0 Å². The number of benzene rings is 1. The van der Waals surface area contributed by atoms with Crippen molar-refractivity contribution in [2.45, 2.75) is 44.3 Å². The molecule has 1 saturated heterocycles. The van der Waals surface area contributed by atoms with Crippen molar-refractivity contribution < 1.29 is 9.47 Å². The van der Waals surface area contributed by atoms with Crippen LogP contribution in [-0.2, 0) is 6.54 Å². The molecule has 2 atom stereocenters. The summed E-state index contributed by atoms with van der Waals surface area (Å²) in [6.45, 7) is 3.65. The topological polar surface area (TPSA) is 33.7 Å². The molecule has 4 heteroatoms. The van der Waals surface area contributed by atoms with Crippen LogP contribution in [0.4, 0.5) is 0 Å². The van der Waals surface area contributed by atoms with Gasteiger partial charge in [0.2, 0.25) is 6.79 Å². The molecule has 2 fully saturated rings. The molecule has 4 rings (SSSR count). The Morgan fingerprint density at radius 3 is 3.05 bits per heavy atom. The predicted octanol–water partition coefficient (Wildman–Crippen LogP) is 2.13. The molecule has 1 aromatic carbocycles. The van der Waals surface area contributed by atoms with Crippen molar-refractivity contribution >= 4 is 0 Å². The third-order valence-electron chi connectivity index (χ3n) is 4.83. The van der Waals surface area contributed by atoms with Crippen molar-refractivity contribution in [1.82, 2.24) is 10.2 Å². The summed E-state index contributed by atoms with van der Waals surface area (Å²) in [5.74, 6) is 1.78. The van der Waals surface area contributed by atoms with Gasteiger partial charge in [-0.15, -0.1) is 0 Å². The predicted molar refractivity (Wildman–Crippen MR) is 77.0 cm³/mol. The van der Waals surface area contributed by atoms with Crippen LogP contribution in [0.25, 0.3) is 0 Å². The number of ether oxygens (including phenoxy) is 2. The molecule has 1 N–H and O–H groups in total. The van der Waals surface area contributed by atoms with Gasteiger partial charge in [-0.05, 0) is 30.5 Å². The van der Waals surface area contributed by atoms with E-state index in [-0.39, 0.29) is 0 Å². The van der Waals surface area contributed by atoms with Crippen molar-refractivity contribution in [3.05, 3.63) is 23.8 Å². The summed E-state index contributed by atoms with van der Waals surface area (Å²) in [7, 11) is 0. The molecular weight excluding hydrogens is 252 g/mol. The molecule has 20 heavy (non-hydrogen) atoms. The van der Waals surface area contributed by atoms with Gasteiger partial charge in [0.25, 0.3) is 0 Å². The molecule has 2 aliphatic heterocycles. The fourth-order valence-electron chi connectivity index (χ4n) is 3.82. The third-order valence-corrected chi connectivity index (χ3v) is 4.83. The number of nitrogens with zero attached hydrogens (tertiary/aromatic N) is 1. The minimum Gasteiger partial charge on any atom is -0.454 e. The Balaban J connectivity index is 1.50. The standard InChI is InChI=1S/C16H22N2O2/c1-2-4-14-13(3-1)17-7-8-18(14)10-12-5-6-15-16(9-12)20-11-19-15/h5-6,9,13-14,17H,1-4,7-8,10-11H2/t13-,14+/m1/s1. The monoisotopic (exact) mass is 274 g/mol. The van der Waals surface area contributed by atoms with E-state index >= 15 is 0 Å². The highest BCUT2D eigenvalue weighted by atomic mass is 16.7. The first kappa shape index (κ1) is 12.5. The second-order valence-corrected chi connectivity index (χ2v) is 6.07. The van der Waals surface area contributed by atoms with Crippen LogP contribution in [0.3, 0.4) is 0 Å². The quantitative estimate of drug-likeness (QED) is 0.896. The van der Waals surface area contributed by atoms with Crippen molar-refractivity contribution in [3.8, 4) is 11.5 Å². The Bertz CT molecular complexity index is 489. The van der Waals surface area contributed by atoms with Crippen LogP contribution in [-0.4, -0.2) is 36.9 Å². The molecule has 0 aromatic heterocycles. The van der Waals surface area contributed by atoms with E-state index in [2.05, 4.69) is 22.3 Å². The molecule has 0 unspecified atom stereocenters. The maximum atomic E-state index is 5.48. The lowest BCUT2D eigenvalue weighted by Crippen LogP contribution is -2.58. The maximum Gasteiger partial charge on any atom is 0.231 e. The molecule has 0 bridgehead atoms. The fourth-order valence-corrected chi connectivity index (χ4v) is 3.82. The average molecular weight is 274 g/mol. The van der Waals surface area contributed by atoms with E-state index in [1.807, 2.05) is 6.07 Å². The van der Waals surface area contributed by atoms with Crippen LogP contribution in [0.2, 0.25) is 0 Å². The maximum absolute atomic E-state index is 5.48. The van der Waals surface area contributed by atoms with Gasteiger partial charge in [-0.25, -0.2) is 0 Å². The van der Waals surface area contributed by atoms with E-state index in [4.69, 9.17) is 9.47 Å². The van der Waals surface area contributed by atoms with E-state index in [9.17, 15) is 0 Å². The highest BCUT2D eigenvalue weighted by molar-refractivity contribution is 5.44. The molecule has 0 amide bonds. The summed E-state index contributed by atoms with van der Waals surface area (Å²) in [6, 6.07) is 7.77. The first-order valence-electron chi connectivity index (χ1n) is 7.76. The fraction of sp³-hybridized carbons (Fsp3) is 0.625. The van der Waals surface area contributed by atoms with E-state index in [0.29, 0.717) is 18.9 Å². The van der Waals surface area contributed by atoms with Crippen molar-refractivity contribution in [1.29, 1.82) is 0 Å². The number of nitrogens with one attached hydrogen (secondary N) is 1. The van der Waals surface area contributed by atoms with Gasteiger partial charge >= 0.3 is 0 Å². The van der Waals surface area contributed by atoms with E-state index in [1.165, 1.54) is 31.2 Å². The first-order chi connectivity index (χ1) is 9.90. The highest BCUT2D eigenvalue weighted by Gasteiger charge is 2.32. The zero-order valence-corrected chi connectivity index (χ0v) is 11.8. The Kier molecular flexibility index (Phi) is 3.28. The molecule has 3 aliphatic rings. The number of hydrogen-bond acceptors (Lipinski definition) is 4. The van der Waals surface area contributed by atoms with Gasteiger partial charge in [0, 0.05) is 31.7 Å². The molecule has 108 valence electrons. The molecule has 1 aromatic rings. The molecule has 1 aliphatic carbocycles. The van der Waals surface area contributed by atoms with E-state index < -0.39 is 0 Å². The number of fused-ring (bicyclic) bond motifs is 2. The lowest BCUT2D eigenvalue weighted by molar-refractivity contribution is 0.0815. The Labute approximate surface area is 120 Å². The van der Waals surface area contributed by atoms with Crippen LogP contribution >= 0.6 is 0 Å². The summed E-state index contributed by atoms with van der Waals surface area (Å²) in [6.07, 6.45) is 5.43. The van der Waals surface area contributed by atoms with Crippen molar-refractivity contribution in [2.24, 2.45) is 0 Å². The van der Waals surface area contributed by atoms with Gasteiger partial charge in [0.05, 0.1) is 0 Å². The van der Waals surface area contributed by atoms with Gasteiger partial charge in [-0.1, -0.05) is 18.9 Å². The molecule has 0 spiro atoms. The Morgan fingerprint density at radius 1 is 1.15 bits per heavy atom. The first-order valence-corrected chi connectivity index (χ1v) is 7.76. The molecule has 0 radical (unpaired) electrons. The second kappa shape index (κ2) is 5.26. The van der Waals surface area contributed by atoms with Crippen molar-refractivity contribution in [3.63, 3.8) is 0 Å². The Morgan fingerprint density at radius 2 is 2.05 bits per heavy atom. The van der Waals surface area contributed by atoms with Gasteiger partial charge in [-0.3, -0.25) is 4.90 Å². The van der Waals surface area contributed by atoms with Crippen LogP contribution in [0.1, 0.15) is 31.2 Å². The zero-order chi connectivity index (χ0) is 13.4. The van der Waals surface area contributed by atoms with Crippen LogP contribution < -0.4 is 14.8 Å². The van der Waals surface area contributed by atoms with Crippen LogP contribution in [0.15, 0.2) is 18.2 Å². The SMILES string of the molecule is c1cc2c(cc1CN1CCN[C@@H]3CCCC[C@@H]31)OCO2. The van der Waals surface area contributed by atoms with Gasteiger partial charge in [0.1, 0.15) is 0 Å². The molecular formula is C16H22N2O2. The summed E-state index contributed by atoms with van der Waals surface area (Å²) in [5.41, 5.74) is 1.33. The van der Waals surface area contributed by atoms with Crippen LogP contribution in [0.5, 0.6) is 11.5 Å². The number of rotatable bonds is 2. The van der Waals surface area contributed by atoms with Crippen molar-refractivity contribution in [2.75, 3.05) is 19.9 Å².